The molecular formula is C29H33ClN2O3. The van der Waals surface area contributed by atoms with Gasteiger partial charge in [0.2, 0.25) is 0 Å². The maximum Gasteiger partial charge on any atom is 0.251 e. The highest BCUT2D eigenvalue weighted by molar-refractivity contribution is 6.31. The minimum Gasteiger partial charge on any atom is -0.378 e. The molecule has 5 rings (SSSR count). The number of fused-ring (bicyclic) bond motifs is 3. The summed E-state index contributed by atoms with van der Waals surface area (Å²) in [4.78, 5) is 27.2. The van der Waals surface area contributed by atoms with Crippen LogP contribution in [-0.4, -0.2) is 48.0 Å². The Kier molecular flexibility index (Phi) is 7.54. The molecule has 6 heteroatoms. The minimum atomic E-state index is 0.0681. The summed E-state index contributed by atoms with van der Waals surface area (Å²) < 4.78 is 7.75. The molecule has 3 heterocycles. The maximum absolute atomic E-state index is 13.6. The lowest BCUT2D eigenvalue weighted by Gasteiger charge is -2.28. The van der Waals surface area contributed by atoms with Crippen molar-refractivity contribution in [3.05, 3.63) is 69.9 Å². The second-order valence-corrected chi connectivity index (χ2v) is 10.2. The quantitative estimate of drug-likeness (QED) is 0.500. The van der Waals surface area contributed by atoms with Gasteiger partial charge in [-0.15, -0.1) is 0 Å². The molecule has 1 saturated carbocycles. The molecule has 1 saturated heterocycles. The zero-order chi connectivity index (χ0) is 24.2. The Labute approximate surface area is 212 Å². The first-order valence-electron chi connectivity index (χ1n) is 12.8. The molecule has 1 amide bonds. The Morgan fingerprint density at radius 3 is 2.66 bits per heavy atom. The molecule has 5 nitrogen and oxygen atoms in total. The number of amides is 1. The first-order valence-corrected chi connectivity index (χ1v) is 13.2. The molecule has 1 aromatic heterocycles. The third-order valence-electron chi connectivity index (χ3n) is 7.56. The number of benzene rings is 1. The molecule has 0 N–H and O–H groups in total. The SMILES string of the molecule is O=Cc1ccc2c(C3CCCCC3)c3n(c2c1)C/C(C(=O)N1CCOCC1)=C\C/C=C\C(Cl)=C/C3. The van der Waals surface area contributed by atoms with Crippen LogP contribution in [0.4, 0.5) is 0 Å². The predicted octanol–water partition coefficient (Wildman–Crippen LogP) is 5.91. The van der Waals surface area contributed by atoms with E-state index in [2.05, 4.69) is 16.7 Å². The van der Waals surface area contributed by atoms with Crippen molar-refractivity contribution < 1.29 is 14.3 Å². The number of hydrogen-bond acceptors (Lipinski definition) is 3. The molecule has 35 heavy (non-hydrogen) atoms. The zero-order valence-electron chi connectivity index (χ0n) is 20.2. The highest BCUT2D eigenvalue weighted by atomic mass is 35.5. The van der Waals surface area contributed by atoms with Crippen LogP contribution in [0.15, 0.2) is 53.1 Å². The first-order chi connectivity index (χ1) is 17.2. The molecular weight excluding hydrogens is 460 g/mol. The lowest BCUT2D eigenvalue weighted by Crippen LogP contribution is -2.42. The van der Waals surface area contributed by atoms with Gasteiger partial charge < -0.3 is 14.2 Å². The van der Waals surface area contributed by atoms with Crippen molar-refractivity contribution in [2.45, 2.75) is 57.4 Å². The third kappa shape index (κ3) is 5.17. The van der Waals surface area contributed by atoms with E-state index in [0.717, 1.165) is 17.4 Å². The fraction of sp³-hybridized carbons (Fsp3) is 0.448. The Balaban J connectivity index is 1.67. The molecule has 3 aliphatic rings. The van der Waals surface area contributed by atoms with E-state index in [1.165, 1.54) is 48.7 Å². The number of carbonyl (C=O) groups is 2. The van der Waals surface area contributed by atoms with Crippen LogP contribution in [0.5, 0.6) is 0 Å². The summed E-state index contributed by atoms with van der Waals surface area (Å²) in [6.45, 7) is 2.86. The average molecular weight is 493 g/mol. The van der Waals surface area contributed by atoms with Crippen LogP contribution < -0.4 is 0 Å². The molecule has 1 aromatic carbocycles. The van der Waals surface area contributed by atoms with Crippen molar-refractivity contribution in [3.8, 4) is 0 Å². The average Bonchev–Trinajstić information content (AvgIpc) is 3.19. The highest BCUT2D eigenvalue weighted by Crippen LogP contribution is 2.41. The summed E-state index contributed by atoms with van der Waals surface area (Å²) in [7, 11) is 0. The summed E-state index contributed by atoms with van der Waals surface area (Å²) >= 11 is 6.55. The molecule has 0 bridgehead atoms. The van der Waals surface area contributed by atoms with E-state index in [4.69, 9.17) is 16.3 Å². The van der Waals surface area contributed by atoms with Crippen molar-refractivity contribution in [2.24, 2.45) is 0 Å². The van der Waals surface area contributed by atoms with E-state index in [1.54, 1.807) is 0 Å². The number of hydrogen-bond donors (Lipinski definition) is 0. The fourth-order valence-corrected chi connectivity index (χ4v) is 5.95. The van der Waals surface area contributed by atoms with Crippen LogP contribution in [0.25, 0.3) is 10.9 Å². The molecule has 2 aromatic rings. The van der Waals surface area contributed by atoms with E-state index in [0.29, 0.717) is 62.2 Å². The molecule has 184 valence electrons. The topological polar surface area (TPSA) is 51.5 Å². The van der Waals surface area contributed by atoms with Gasteiger partial charge in [0.05, 0.1) is 19.8 Å². The zero-order valence-corrected chi connectivity index (χ0v) is 20.9. The summed E-state index contributed by atoms with van der Waals surface area (Å²) in [6, 6.07) is 6.01. The number of carbonyl (C=O) groups excluding carboxylic acids is 2. The maximum atomic E-state index is 13.6. The second kappa shape index (κ2) is 11.0. The number of aldehydes is 1. The predicted molar refractivity (Wildman–Crippen MR) is 140 cm³/mol. The van der Waals surface area contributed by atoms with Crippen LogP contribution >= 0.6 is 11.6 Å². The Bertz CT molecular complexity index is 1190. The molecule has 0 atom stereocenters. The molecule has 0 spiro atoms. The summed E-state index contributed by atoms with van der Waals surface area (Å²) in [5.74, 6) is 0.554. The van der Waals surface area contributed by atoms with E-state index in [1.807, 2.05) is 35.3 Å². The van der Waals surface area contributed by atoms with Crippen molar-refractivity contribution in [1.29, 1.82) is 0 Å². The van der Waals surface area contributed by atoms with Gasteiger partial charge in [-0.1, -0.05) is 61.2 Å². The van der Waals surface area contributed by atoms with Gasteiger partial charge in [0, 0.05) is 52.3 Å². The van der Waals surface area contributed by atoms with E-state index in [-0.39, 0.29) is 5.91 Å². The molecule has 0 radical (unpaired) electrons. The normalized spacial score (nSPS) is 24.0. The number of allylic oxidation sites excluding steroid dienone is 5. The lowest BCUT2D eigenvalue weighted by molar-refractivity contribution is -0.131. The van der Waals surface area contributed by atoms with Gasteiger partial charge in [-0.2, -0.15) is 0 Å². The Morgan fingerprint density at radius 2 is 1.89 bits per heavy atom. The summed E-state index contributed by atoms with van der Waals surface area (Å²) in [5.41, 5.74) is 5.05. The second-order valence-electron chi connectivity index (χ2n) is 9.74. The van der Waals surface area contributed by atoms with E-state index in [9.17, 15) is 9.59 Å². The number of ether oxygens (including phenoxy) is 1. The van der Waals surface area contributed by atoms with Crippen LogP contribution in [0.1, 0.15) is 66.1 Å². The Morgan fingerprint density at radius 1 is 1.09 bits per heavy atom. The van der Waals surface area contributed by atoms with Crippen LogP contribution in [0.3, 0.4) is 0 Å². The number of morpholine rings is 1. The molecule has 1 aliphatic carbocycles. The lowest BCUT2D eigenvalue weighted by atomic mass is 9.82. The third-order valence-corrected chi connectivity index (χ3v) is 7.84. The monoisotopic (exact) mass is 492 g/mol. The molecule has 2 aliphatic heterocycles. The van der Waals surface area contributed by atoms with Gasteiger partial charge in [0.15, 0.2) is 0 Å². The first kappa shape index (κ1) is 24.1. The van der Waals surface area contributed by atoms with E-state index >= 15 is 0 Å². The number of rotatable bonds is 3. The van der Waals surface area contributed by atoms with Gasteiger partial charge in [0.25, 0.3) is 5.91 Å². The molecule has 2 fully saturated rings. The molecule has 0 unspecified atom stereocenters. The summed E-state index contributed by atoms with van der Waals surface area (Å²) in [6.07, 6.45) is 16.4. The number of nitrogens with zero attached hydrogens (tertiary/aromatic N) is 2. The van der Waals surface area contributed by atoms with Crippen LogP contribution in [0, 0.1) is 0 Å². The van der Waals surface area contributed by atoms with Crippen LogP contribution in [0.2, 0.25) is 0 Å². The van der Waals surface area contributed by atoms with Crippen molar-refractivity contribution in [3.63, 3.8) is 0 Å². The van der Waals surface area contributed by atoms with Gasteiger partial charge in [-0.3, -0.25) is 9.59 Å². The fourth-order valence-electron chi connectivity index (χ4n) is 5.78. The van der Waals surface area contributed by atoms with Crippen molar-refractivity contribution >= 4 is 34.7 Å². The number of halogens is 1. The largest absolute Gasteiger partial charge is 0.378 e. The smallest absolute Gasteiger partial charge is 0.251 e. The van der Waals surface area contributed by atoms with Gasteiger partial charge in [-0.05, 0) is 42.9 Å². The minimum absolute atomic E-state index is 0.0681. The standard InChI is InChI=1S/C29H33ClN2O3/c30-24-9-5-4-8-23(29(34)31-14-16-35-17-15-31)19-32-26(13-11-24)28(22-6-2-1-3-7-22)25-12-10-21(20-33)18-27(25)32/h5,8-12,18,20,22H,1-4,6-7,13-17,19H2/b9-5-,23-8+,24-11+. The van der Waals surface area contributed by atoms with Gasteiger partial charge >= 0.3 is 0 Å². The van der Waals surface area contributed by atoms with Gasteiger partial charge in [0.1, 0.15) is 6.29 Å². The van der Waals surface area contributed by atoms with Crippen molar-refractivity contribution in [2.75, 3.05) is 26.3 Å². The van der Waals surface area contributed by atoms with Crippen molar-refractivity contribution in [1.82, 2.24) is 9.47 Å². The summed E-state index contributed by atoms with van der Waals surface area (Å²) in [5, 5.41) is 1.91. The highest BCUT2D eigenvalue weighted by Gasteiger charge is 2.27. The Hall–Kier alpha value is -2.63. The van der Waals surface area contributed by atoms with Crippen LogP contribution in [-0.2, 0) is 22.5 Å². The van der Waals surface area contributed by atoms with Gasteiger partial charge in [-0.25, -0.2) is 0 Å². The number of aromatic nitrogens is 1. The van der Waals surface area contributed by atoms with E-state index < -0.39 is 0 Å².